The molecule has 6 heteroatoms. The number of hydrogen-bond donors (Lipinski definition) is 2. The summed E-state index contributed by atoms with van der Waals surface area (Å²) in [6.07, 6.45) is -0.296. The monoisotopic (exact) mass is 296 g/mol. The van der Waals surface area contributed by atoms with Gasteiger partial charge in [0, 0.05) is 10.6 Å². The fraction of sp³-hybridized carbons (Fsp3) is 0.0714. The summed E-state index contributed by atoms with van der Waals surface area (Å²) in [4.78, 5) is 11.8. The number of nitrogen functional groups attached to an aromatic ring is 1. The number of rotatable bonds is 3. The van der Waals surface area contributed by atoms with Crippen LogP contribution in [-0.4, -0.2) is 5.91 Å². The molecule has 0 fully saturated rings. The van der Waals surface area contributed by atoms with Crippen LogP contribution < -0.4 is 11.1 Å². The van der Waals surface area contributed by atoms with Crippen molar-refractivity contribution < 1.29 is 13.6 Å². The van der Waals surface area contributed by atoms with E-state index in [1.807, 2.05) is 0 Å². The maximum Gasteiger partial charge on any atom is 0.228 e. The molecular weight excluding hydrogens is 286 g/mol. The van der Waals surface area contributed by atoms with E-state index < -0.39 is 17.5 Å². The predicted molar refractivity (Wildman–Crippen MR) is 74.6 cm³/mol. The van der Waals surface area contributed by atoms with Crippen molar-refractivity contribution in [2.75, 3.05) is 11.1 Å². The largest absolute Gasteiger partial charge is 0.397 e. The first-order chi connectivity index (χ1) is 9.47. The SMILES string of the molecule is Nc1ccc(Cl)cc1NC(=O)Cc1cccc(F)c1F. The Hall–Kier alpha value is -2.14. The van der Waals surface area contributed by atoms with Crippen molar-refractivity contribution in [3.8, 4) is 0 Å². The Labute approximate surface area is 119 Å². The molecule has 2 rings (SSSR count). The van der Waals surface area contributed by atoms with Gasteiger partial charge in [0.05, 0.1) is 17.8 Å². The van der Waals surface area contributed by atoms with E-state index in [1.54, 1.807) is 12.1 Å². The molecule has 0 aliphatic rings. The maximum atomic E-state index is 13.4. The van der Waals surface area contributed by atoms with Crippen molar-refractivity contribution >= 4 is 28.9 Å². The molecule has 104 valence electrons. The molecule has 0 unspecified atom stereocenters. The Morgan fingerprint density at radius 1 is 1.25 bits per heavy atom. The fourth-order valence-corrected chi connectivity index (χ4v) is 1.86. The number of anilines is 2. The Balaban J connectivity index is 2.13. The van der Waals surface area contributed by atoms with Gasteiger partial charge in [-0.2, -0.15) is 0 Å². The summed E-state index contributed by atoms with van der Waals surface area (Å²) in [5.41, 5.74) is 6.32. The number of carbonyl (C=O) groups excluding carboxylic acids is 1. The Kier molecular flexibility index (Phi) is 4.20. The van der Waals surface area contributed by atoms with Crippen LogP contribution in [-0.2, 0) is 11.2 Å². The molecule has 20 heavy (non-hydrogen) atoms. The third-order valence-corrected chi connectivity index (χ3v) is 2.91. The highest BCUT2D eigenvalue weighted by molar-refractivity contribution is 6.31. The highest BCUT2D eigenvalue weighted by Crippen LogP contribution is 2.23. The zero-order chi connectivity index (χ0) is 14.7. The summed E-state index contributed by atoms with van der Waals surface area (Å²) in [7, 11) is 0. The summed E-state index contributed by atoms with van der Waals surface area (Å²) in [5.74, 6) is -2.53. The first kappa shape index (κ1) is 14.3. The third-order valence-electron chi connectivity index (χ3n) is 2.67. The van der Waals surface area contributed by atoms with E-state index in [0.717, 1.165) is 6.07 Å². The summed E-state index contributed by atoms with van der Waals surface area (Å²) in [6, 6.07) is 8.29. The van der Waals surface area contributed by atoms with Crippen LogP contribution in [0.1, 0.15) is 5.56 Å². The van der Waals surface area contributed by atoms with Gasteiger partial charge in [0.2, 0.25) is 5.91 Å². The van der Waals surface area contributed by atoms with Gasteiger partial charge in [-0.15, -0.1) is 0 Å². The van der Waals surface area contributed by atoms with Crippen molar-refractivity contribution in [1.29, 1.82) is 0 Å². The maximum absolute atomic E-state index is 13.4. The third kappa shape index (κ3) is 3.24. The highest BCUT2D eigenvalue weighted by Gasteiger charge is 2.12. The van der Waals surface area contributed by atoms with Gasteiger partial charge in [0.1, 0.15) is 0 Å². The molecular formula is C14H11ClF2N2O. The standard InChI is InChI=1S/C14H11ClF2N2O/c15-9-4-5-11(18)12(7-9)19-13(20)6-8-2-1-3-10(16)14(8)17/h1-5,7H,6,18H2,(H,19,20). The summed E-state index contributed by atoms with van der Waals surface area (Å²) >= 11 is 5.79. The number of hydrogen-bond acceptors (Lipinski definition) is 2. The number of nitrogens with two attached hydrogens (primary N) is 1. The molecule has 0 atom stereocenters. The molecule has 1 amide bonds. The number of carbonyl (C=O) groups is 1. The number of benzene rings is 2. The van der Waals surface area contributed by atoms with Crippen molar-refractivity contribution in [3.63, 3.8) is 0 Å². The van der Waals surface area contributed by atoms with Gasteiger partial charge < -0.3 is 11.1 Å². The van der Waals surface area contributed by atoms with Crippen molar-refractivity contribution in [2.24, 2.45) is 0 Å². The van der Waals surface area contributed by atoms with E-state index in [2.05, 4.69) is 5.32 Å². The number of amides is 1. The van der Waals surface area contributed by atoms with Crippen LogP contribution in [0, 0.1) is 11.6 Å². The number of nitrogens with one attached hydrogen (secondary N) is 1. The van der Waals surface area contributed by atoms with Crippen molar-refractivity contribution in [2.45, 2.75) is 6.42 Å². The molecule has 0 radical (unpaired) electrons. The minimum atomic E-state index is -1.03. The molecule has 0 saturated heterocycles. The molecule has 0 heterocycles. The average molecular weight is 297 g/mol. The summed E-state index contributed by atoms with van der Waals surface area (Å²) < 4.78 is 26.5. The lowest BCUT2D eigenvalue weighted by Crippen LogP contribution is -2.16. The number of halogens is 3. The predicted octanol–water partition coefficient (Wildman–Crippen LogP) is 3.38. The summed E-state index contributed by atoms with van der Waals surface area (Å²) in [5, 5.41) is 2.92. The molecule has 0 aliphatic heterocycles. The van der Waals surface area contributed by atoms with Gasteiger partial charge in [0.25, 0.3) is 0 Å². The van der Waals surface area contributed by atoms with Crippen LogP contribution in [0.5, 0.6) is 0 Å². The Bertz CT molecular complexity index is 656. The first-order valence-electron chi connectivity index (χ1n) is 5.75. The lowest BCUT2D eigenvalue weighted by Gasteiger charge is -2.09. The second-order valence-electron chi connectivity index (χ2n) is 4.17. The van der Waals surface area contributed by atoms with Crippen molar-refractivity contribution in [1.82, 2.24) is 0 Å². The van der Waals surface area contributed by atoms with E-state index in [4.69, 9.17) is 17.3 Å². The van der Waals surface area contributed by atoms with E-state index in [0.29, 0.717) is 16.4 Å². The molecule has 0 saturated carbocycles. The van der Waals surface area contributed by atoms with Gasteiger partial charge in [-0.05, 0) is 24.3 Å². The molecule has 0 spiro atoms. The lowest BCUT2D eigenvalue weighted by atomic mass is 10.1. The lowest BCUT2D eigenvalue weighted by molar-refractivity contribution is -0.115. The molecule has 0 aromatic heterocycles. The molecule has 0 bridgehead atoms. The molecule has 2 aromatic rings. The molecule has 3 nitrogen and oxygen atoms in total. The van der Waals surface area contributed by atoms with Crippen molar-refractivity contribution in [3.05, 3.63) is 58.6 Å². The Morgan fingerprint density at radius 2 is 2.00 bits per heavy atom. The fourth-order valence-electron chi connectivity index (χ4n) is 1.69. The molecule has 3 N–H and O–H groups in total. The van der Waals surface area contributed by atoms with Gasteiger partial charge in [-0.25, -0.2) is 8.78 Å². The first-order valence-corrected chi connectivity index (χ1v) is 6.13. The zero-order valence-corrected chi connectivity index (χ0v) is 11.0. The smallest absolute Gasteiger partial charge is 0.228 e. The molecule has 2 aromatic carbocycles. The van der Waals surface area contributed by atoms with E-state index in [-0.39, 0.29) is 12.0 Å². The van der Waals surface area contributed by atoms with Gasteiger partial charge in [-0.3, -0.25) is 4.79 Å². The highest BCUT2D eigenvalue weighted by atomic mass is 35.5. The van der Waals surface area contributed by atoms with Gasteiger partial charge >= 0.3 is 0 Å². The van der Waals surface area contributed by atoms with E-state index >= 15 is 0 Å². The second kappa shape index (κ2) is 5.88. The van der Waals surface area contributed by atoms with Crippen LogP contribution in [0.2, 0.25) is 5.02 Å². The van der Waals surface area contributed by atoms with Crippen LogP contribution in [0.4, 0.5) is 20.2 Å². The van der Waals surface area contributed by atoms with E-state index in [9.17, 15) is 13.6 Å². The van der Waals surface area contributed by atoms with E-state index in [1.165, 1.54) is 18.2 Å². The van der Waals surface area contributed by atoms with Crippen LogP contribution in [0.3, 0.4) is 0 Å². The quantitative estimate of drug-likeness (QED) is 0.853. The topological polar surface area (TPSA) is 55.1 Å². The van der Waals surface area contributed by atoms with Gasteiger partial charge in [0.15, 0.2) is 11.6 Å². The van der Waals surface area contributed by atoms with Crippen LogP contribution in [0.25, 0.3) is 0 Å². The minimum Gasteiger partial charge on any atom is -0.397 e. The normalized spacial score (nSPS) is 10.3. The zero-order valence-electron chi connectivity index (χ0n) is 10.3. The van der Waals surface area contributed by atoms with Crippen LogP contribution >= 0.6 is 11.6 Å². The van der Waals surface area contributed by atoms with Gasteiger partial charge in [-0.1, -0.05) is 23.7 Å². The minimum absolute atomic E-state index is 0.0249. The molecule has 0 aliphatic carbocycles. The Morgan fingerprint density at radius 3 is 2.75 bits per heavy atom. The second-order valence-corrected chi connectivity index (χ2v) is 4.61. The summed E-state index contributed by atoms with van der Waals surface area (Å²) in [6.45, 7) is 0. The average Bonchev–Trinajstić information content (AvgIpc) is 2.39. The van der Waals surface area contributed by atoms with Crippen LogP contribution in [0.15, 0.2) is 36.4 Å².